The monoisotopic (exact) mass is 474 g/mol. The molecule has 0 radical (unpaired) electrons. The van der Waals surface area contributed by atoms with Crippen molar-refractivity contribution in [3.05, 3.63) is 71.8 Å². The number of ether oxygens (including phenoxy) is 2. The van der Waals surface area contributed by atoms with Crippen molar-refractivity contribution in [2.24, 2.45) is 0 Å². The first-order chi connectivity index (χ1) is 17.0. The highest BCUT2D eigenvalue weighted by molar-refractivity contribution is 6.06. The fraction of sp³-hybridized carbons (Fsp3) is 0.259. The van der Waals surface area contributed by atoms with E-state index in [9.17, 15) is 9.59 Å². The Kier molecular flexibility index (Phi) is 7.40. The highest BCUT2D eigenvalue weighted by atomic mass is 16.5. The third-order valence-electron chi connectivity index (χ3n) is 5.90. The van der Waals surface area contributed by atoms with Gasteiger partial charge in [0, 0.05) is 36.1 Å². The molecule has 8 nitrogen and oxygen atoms in total. The fourth-order valence-corrected chi connectivity index (χ4v) is 4.05. The van der Waals surface area contributed by atoms with Crippen LogP contribution < -0.4 is 30.3 Å². The first-order valence-electron chi connectivity index (χ1n) is 11.5. The van der Waals surface area contributed by atoms with Gasteiger partial charge in [-0.05, 0) is 62.2 Å². The number of rotatable bonds is 7. The summed E-state index contributed by atoms with van der Waals surface area (Å²) in [5, 5.41) is 8.71. The van der Waals surface area contributed by atoms with Crippen molar-refractivity contribution < 1.29 is 19.1 Å². The van der Waals surface area contributed by atoms with Gasteiger partial charge in [-0.15, -0.1) is 0 Å². The van der Waals surface area contributed by atoms with Crippen LogP contribution in [0.25, 0.3) is 0 Å². The molecule has 0 atom stereocenters. The number of nitrogens with zero attached hydrogens (tertiary/aromatic N) is 1. The van der Waals surface area contributed by atoms with E-state index in [1.165, 1.54) is 0 Å². The zero-order valence-corrected chi connectivity index (χ0v) is 20.2. The van der Waals surface area contributed by atoms with E-state index in [0.29, 0.717) is 34.1 Å². The average Bonchev–Trinajstić information content (AvgIpc) is 3.39. The van der Waals surface area contributed by atoms with Gasteiger partial charge < -0.3 is 30.3 Å². The Morgan fingerprint density at radius 3 is 2.11 bits per heavy atom. The van der Waals surface area contributed by atoms with Gasteiger partial charge in [-0.3, -0.25) is 4.79 Å². The maximum atomic E-state index is 12.9. The van der Waals surface area contributed by atoms with Crippen LogP contribution in [-0.4, -0.2) is 39.2 Å². The lowest BCUT2D eigenvalue weighted by molar-refractivity contribution is 0.102. The van der Waals surface area contributed by atoms with Crippen molar-refractivity contribution in [2.75, 3.05) is 48.2 Å². The van der Waals surface area contributed by atoms with Crippen molar-refractivity contribution in [3.63, 3.8) is 0 Å². The molecule has 0 unspecified atom stereocenters. The van der Waals surface area contributed by atoms with Crippen LogP contribution in [0, 0.1) is 6.92 Å². The molecule has 4 rings (SSSR count). The van der Waals surface area contributed by atoms with Gasteiger partial charge in [0.05, 0.1) is 25.6 Å². The van der Waals surface area contributed by atoms with Crippen molar-refractivity contribution in [1.29, 1.82) is 0 Å². The Labute approximate surface area is 205 Å². The number of nitrogens with one attached hydrogen (secondary N) is 3. The lowest BCUT2D eigenvalue weighted by Crippen LogP contribution is -2.24. The Bertz CT molecular complexity index is 1200. The van der Waals surface area contributed by atoms with E-state index in [0.717, 1.165) is 37.2 Å². The molecule has 1 heterocycles. The third-order valence-corrected chi connectivity index (χ3v) is 5.90. The molecule has 8 heteroatoms. The minimum atomic E-state index is -0.403. The molecule has 1 aliphatic heterocycles. The van der Waals surface area contributed by atoms with Crippen LogP contribution in [0.4, 0.5) is 27.5 Å². The summed E-state index contributed by atoms with van der Waals surface area (Å²) >= 11 is 0. The van der Waals surface area contributed by atoms with Crippen LogP contribution in [0.5, 0.6) is 11.5 Å². The Morgan fingerprint density at radius 2 is 1.43 bits per heavy atom. The minimum absolute atomic E-state index is 0.209. The lowest BCUT2D eigenvalue weighted by atomic mass is 10.1. The zero-order chi connectivity index (χ0) is 24.8. The predicted molar refractivity (Wildman–Crippen MR) is 139 cm³/mol. The predicted octanol–water partition coefficient (Wildman–Crippen LogP) is 5.51. The first-order valence-corrected chi connectivity index (χ1v) is 11.5. The largest absolute Gasteiger partial charge is 0.493 e. The fourth-order valence-electron chi connectivity index (χ4n) is 4.05. The molecule has 1 aliphatic rings. The van der Waals surface area contributed by atoms with Gasteiger partial charge >= 0.3 is 6.03 Å². The Morgan fingerprint density at radius 1 is 0.771 bits per heavy atom. The van der Waals surface area contributed by atoms with E-state index in [1.54, 1.807) is 50.6 Å². The number of hydrogen-bond acceptors (Lipinski definition) is 5. The standard InChI is InChI=1S/C27H30N4O4/c1-18-6-8-19(9-7-18)26(32)28-20-10-12-23(31-14-4-5-15-31)22(16-20)30-27(33)29-21-11-13-24(34-2)25(17-21)35-3/h6-13,16-17H,4-5,14-15H2,1-3H3,(H,28,32)(H2,29,30,33). The molecule has 35 heavy (non-hydrogen) atoms. The topological polar surface area (TPSA) is 91.9 Å². The van der Waals surface area contributed by atoms with Crippen LogP contribution in [0.3, 0.4) is 0 Å². The summed E-state index contributed by atoms with van der Waals surface area (Å²) in [5.41, 5.74) is 4.35. The molecule has 0 aromatic heterocycles. The van der Waals surface area contributed by atoms with Gasteiger partial charge in [-0.2, -0.15) is 0 Å². The second kappa shape index (κ2) is 10.8. The highest BCUT2D eigenvalue weighted by Gasteiger charge is 2.18. The molecule has 3 N–H and O–H groups in total. The van der Waals surface area contributed by atoms with Crippen LogP contribution in [0.1, 0.15) is 28.8 Å². The summed E-state index contributed by atoms with van der Waals surface area (Å²) in [7, 11) is 3.10. The Hall–Kier alpha value is -4.20. The SMILES string of the molecule is COc1ccc(NC(=O)Nc2cc(NC(=O)c3ccc(C)cc3)ccc2N2CCCC2)cc1OC. The molecular weight excluding hydrogens is 444 g/mol. The summed E-state index contributed by atoms with van der Waals surface area (Å²) in [4.78, 5) is 27.8. The molecule has 182 valence electrons. The van der Waals surface area contributed by atoms with Gasteiger partial charge in [0.2, 0.25) is 0 Å². The molecule has 3 aromatic carbocycles. The highest BCUT2D eigenvalue weighted by Crippen LogP contribution is 2.33. The number of aryl methyl sites for hydroxylation is 1. The van der Waals surface area contributed by atoms with E-state index in [2.05, 4.69) is 20.9 Å². The van der Waals surface area contributed by atoms with Gasteiger partial charge in [-0.25, -0.2) is 4.79 Å². The second-order valence-electron chi connectivity index (χ2n) is 8.40. The molecular formula is C27H30N4O4. The molecule has 0 spiro atoms. The number of carbonyl (C=O) groups excluding carboxylic acids is 2. The summed E-state index contributed by atoms with van der Waals surface area (Å²) in [6.45, 7) is 3.81. The number of carbonyl (C=O) groups is 2. The van der Waals surface area contributed by atoms with Crippen LogP contribution in [0.15, 0.2) is 60.7 Å². The van der Waals surface area contributed by atoms with Crippen LogP contribution >= 0.6 is 0 Å². The van der Waals surface area contributed by atoms with E-state index < -0.39 is 6.03 Å². The second-order valence-corrected chi connectivity index (χ2v) is 8.40. The summed E-state index contributed by atoms with van der Waals surface area (Å²) in [5.74, 6) is 0.885. The average molecular weight is 475 g/mol. The van der Waals surface area contributed by atoms with E-state index in [-0.39, 0.29) is 5.91 Å². The summed E-state index contributed by atoms with van der Waals surface area (Å²) < 4.78 is 10.6. The van der Waals surface area contributed by atoms with Crippen molar-refractivity contribution in [3.8, 4) is 11.5 Å². The normalized spacial score (nSPS) is 12.7. The number of methoxy groups -OCH3 is 2. The molecule has 3 amide bonds. The van der Waals surface area contributed by atoms with Crippen LogP contribution in [0.2, 0.25) is 0 Å². The van der Waals surface area contributed by atoms with E-state index in [1.807, 2.05) is 31.2 Å². The van der Waals surface area contributed by atoms with E-state index in [4.69, 9.17) is 9.47 Å². The molecule has 1 fully saturated rings. The zero-order valence-electron chi connectivity index (χ0n) is 20.2. The molecule has 0 bridgehead atoms. The molecule has 0 saturated carbocycles. The van der Waals surface area contributed by atoms with Crippen molar-refractivity contribution >= 4 is 34.7 Å². The number of hydrogen-bond donors (Lipinski definition) is 3. The molecule has 1 saturated heterocycles. The molecule has 3 aromatic rings. The summed E-state index contributed by atoms with van der Waals surface area (Å²) in [6.07, 6.45) is 2.20. The minimum Gasteiger partial charge on any atom is -0.493 e. The third kappa shape index (κ3) is 5.84. The van der Waals surface area contributed by atoms with Gasteiger partial charge in [0.15, 0.2) is 11.5 Å². The Balaban J connectivity index is 1.53. The summed E-state index contributed by atoms with van der Waals surface area (Å²) in [6, 6.07) is 17.7. The number of urea groups is 1. The van der Waals surface area contributed by atoms with Crippen molar-refractivity contribution in [2.45, 2.75) is 19.8 Å². The smallest absolute Gasteiger partial charge is 0.323 e. The maximum absolute atomic E-state index is 12.9. The van der Waals surface area contributed by atoms with Crippen molar-refractivity contribution in [1.82, 2.24) is 0 Å². The molecule has 0 aliphatic carbocycles. The number of amides is 3. The first kappa shape index (κ1) is 23.9. The number of benzene rings is 3. The van der Waals surface area contributed by atoms with Gasteiger partial charge in [0.1, 0.15) is 0 Å². The lowest BCUT2D eigenvalue weighted by Gasteiger charge is -2.22. The van der Waals surface area contributed by atoms with Gasteiger partial charge in [-0.1, -0.05) is 17.7 Å². The quantitative estimate of drug-likeness (QED) is 0.420. The maximum Gasteiger partial charge on any atom is 0.323 e. The van der Waals surface area contributed by atoms with Gasteiger partial charge in [0.25, 0.3) is 5.91 Å². The van der Waals surface area contributed by atoms with Crippen LogP contribution in [-0.2, 0) is 0 Å². The number of anilines is 4. The van der Waals surface area contributed by atoms with E-state index >= 15 is 0 Å².